The van der Waals surface area contributed by atoms with E-state index in [4.69, 9.17) is 14.5 Å². The van der Waals surface area contributed by atoms with Crippen LogP contribution >= 0.6 is 31.9 Å². The molecule has 0 spiro atoms. The molecule has 8 nitrogen and oxygen atoms in total. The fourth-order valence-corrected chi connectivity index (χ4v) is 4.47. The van der Waals surface area contributed by atoms with Crippen molar-refractivity contribution in [3.05, 3.63) is 91.4 Å². The molecule has 10 heteroatoms. The van der Waals surface area contributed by atoms with Crippen molar-refractivity contribution in [3.63, 3.8) is 0 Å². The molecule has 0 unspecified atom stereocenters. The van der Waals surface area contributed by atoms with Gasteiger partial charge in [-0.3, -0.25) is 9.59 Å². The number of rotatable bonds is 9. The van der Waals surface area contributed by atoms with E-state index in [9.17, 15) is 9.59 Å². The van der Waals surface area contributed by atoms with Crippen LogP contribution in [0.2, 0.25) is 0 Å². The summed E-state index contributed by atoms with van der Waals surface area (Å²) in [5.41, 5.74) is 1.71. The van der Waals surface area contributed by atoms with E-state index in [2.05, 4.69) is 42.3 Å². The summed E-state index contributed by atoms with van der Waals surface area (Å²) >= 11 is 6.96. The first kappa shape index (κ1) is 27.5. The molecule has 4 rings (SSSR count). The summed E-state index contributed by atoms with van der Waals surface area (Å²) in [6.45, 7) is 3.85. The lowest BCUT2D eigenvalue weighted by atomic mass is 10.1. The van der Waals surface area contributed by atoms with E-state index in [0.717, 1.165) is 10.9 Å². The van der Waals surface area contributed by atoms with E-state index in [1.54, 1.807) is 36.5 Å². The Morgan fingerprint density at radius 1 is 1.13 bits per heavy atom. The van der Waals surface area contributed by atoms with Gasteiger partial charge in [-0.05, 0) is 64.8 Å². The third-order valence-electron chi connectivity index (χ3n) is 5.90. The second-order valence-electron chi connectivity index (χ2n) is 8.53. The minimum Gasteiger partial charge on any atom is -0.493 e. The fourth-order valence-electron chi connectivity index (χ4n) is 3.68. The van der Waals surface area contributed by atoms with Crippen LogP contribution in [-0.4, -0.2) is 35.5 Å². The maximum atomic E-state index is 13.4. The second-order valence-corrected chi connectivity index (χ2v) is 10.3. The Labute approximate surface area is 236 Å². The Morgan fingerprint density at radius 3 is 2.61 bits per heavy atom. The number of hydrogen-bond donors (Lipinski definition) is 1. The van der Waals surface area contributed by atoms with Crippen LogP contribution in [0.3, 0.4) is 0 Å². The molecule has 0 radical (unpaired) electrons. The van der Waals surface area contributed by atoms with E-state index >= 15 is 0 Å². The van der Waals surface area contributed by atoms with E-state index < -0.39 is 0 Å². The SMILES string of the molecule is CC[C@@H](C)c1nc2ccc(Br)cc2c(=O)n1N=Cc1cc(OC)c(OCC(=O)Nc2ccccc2)cc1Br. The third-order valence-corrected chi connectivity index (χ3v) is 7.08. The van der Waals surface area contributed by atoms with Gasteiger partial charge >= 0.3 is 0 Å². The zero-order valence-corrected chi connectivity index (χ0v) is 24.2. The highest BCUT2D eigenvalue weighted by atomic mass is 79.9. The van der Waals surface area contributed by atoms with Gasteiger partial charge in [0.1, 0.15) is 5.82 Å². The summed E-state index contributed by atoms with van der Waals surface area (Å²) in [5.74, 6) is 1.10. The van der Waals surface area contributed by atoms with Crippen LogP contribution in [0.15, 0.2) is 79.5 Å². The number of aromatic nitrogens is 2. The molecule has 0 aliphatic rings. The van der Waals surface area contributed by atoms with Crippen LogP contribution in [0.4, 0.5) is 5.69 Å². The molecule has 3 aromatic carbocycles. The predicted molar refractivity (Wildman–Crippen MR) is 157 cm³/mol. The average molecular weight is 642 g/mol. The molecule has 1 heterocycles. The standard InChI is InChI=1S/C28H26Br2N4O4/c1-4-17(2)27-33-23-11-10-19(29)13-21(23)28(36)34(27)31-15-18-12-24(37-3)25(14-22(18)30)38-16-26(35)32-20-8-6-5-7-9-20/h5-15,17H,4,16H2,1-3H3,(H,32,35)/t17-/m1/s1. The third kappa shape index (κ3) is 6.31. The van der Waals surface area contributed by atoms with Gasteiger partial charge in [0.15, 0.2) is 18.1 Å². The second kappa shape index (κ2) is 12.4. The normalized spacial score (nSPS) is 12.0. The Balaban J connectivity index is 1.62. The number of halogens is 2. The minimum absolute atomic E-state index is 0.0173. The highest BCUT2D eigenvalue weighted by Crippen LogP contribution is 2.33. The number of anilines is 1. The highest BCUT2D eigenvalue weighted by molar-refractivity contribution is 9.10. The molecule has 1 aromatic heterocycles. The number of fused-ring (bicyclic) bond motifs is 1. The maximum absolute atomic E-state index is 13.4. The molecule has 0 aliphatic carbocycles. The van der Waals surface area contributed by atoms with Gasteiger partial charge in [0.05, 0.1) is 24.2 Å². The van der Waals surface area contributed by atoms with Crippen LogP contribution in [0.1, 0.15) is 37.6 Å². The van der Waals surface area contributed by atoms with Crippen LogP contribution < -0.4 is 20.3 Å². The van der Waals surface area contributed by atoms with Crippen molar-refractivity contribution in [1.29, 1.82) is 0 Å². The smallest absolute Gasteiger partial charge is 0.282 e. The highest BCUT2D eigenvalue weighted by Gasteiger charge is 2.16. The molecular weight excluding hydrogens is 616 g/mol. The molecule has 0 bridgehead atoms. The van der Waals surface area contributed by atoms with Gasteiger partial charge in [-0.2, -0.15) is 9.78 Å². The summed E-state index contributed by atoms with van der Waals surface area (Å²) in [6, 6.07) is 18.0. The number of ether oxygens (including phenoxy) is 2. The number of methoxy groups -OCH3 is 1. The lowest BCUT2D eigenvalue weighted by Crippen LogP contribution is -2.23. The molecule has 4 aromatic rings. The van der Waals surface area contributed by atoms with Gasteiger partial charge < -0.3 is 14.8 Å². The summed E-state index contributed by atoms with van der Waals surface area (Å²) in [4.78, 5) is 30.4. The average Bonchev–Trinajstić information content (AvgIpc) is 2.92. The number of para-hydroxylation sites is 1. The van der Waals surface area contributed by atoms with Crippen molar-refractivity contribution < 1.29 is 14.3 Å². The van der Waals surface area contributed by atoms with Crippen LogP contribution in [-0.2, 0) is 4.79 Å². The first-order valence-electron chi connectivity index (χ1n) is 11.9. The van der Waals surface area contributed by atoms with E-state index in [0.29, 0.717) is 43.9 Å². The van der Waals surface area contributed by atoms with Crippen molar-refractivity contribution in [2.24, 2.45) is 5.10 Å². The monoisotopic (exact) mass is 640 g/mol. The maximum Gasteiger partial charge on any atom is 0.282 e. The predicted octanol–water partition coefficient (Wildman–Crippen LogP) is 6.34. The zero-order valence-electron chi connectivity index (χ0n) is 21.1. The Morgan fingerprint density at radius 2 is 1.89 bits per heavy atom. The number of nitrogens with one attached hydrogen (secondary N) is 1. The number of carbonyl (C=O) groups excluding carboxylic acids is 1. The summed E-state index contributed by atoms with van der Waals surface area (Å²) in [6.07, 6.45) is 2.36. The van der Waals surface area contributed by atoms with Crippen molar-refractivity contribution in [1.82, 2.24) is 9.66 Å². The molecule has 196 valence electrons. The topological polar surface area (TPSA) is 94.8 Å². The molecule has 0 aliphatic heterocycles. The first-order valence-corrected chi connectivity index (χ1v) is 13.5. The molecule has 1 atom stereocenters. The Hall–Kier alpha value is -3.50. The van der Waals surface area contributed by atoms with E-state index in [1.165, 1.54) is 11.8 Å². The van der Waals surface area contributed by atoms with Crippen LogP contribution in [0, 0.1) is 0 Å². The number of amides is 1. The molecular formula is C28H26Br2N4O4. The number of nitrogens with zero attached hydrogens (tertiary/aromatic N) is 3. The molecule has 0 saturated heterocycles. The van der Waals surface area contributed by atoms with Crippen molar-refractivity contribution in [2.45, 2.75) is 26.2 Å². The number of benzene rings is 3. The van der Waals surface area contributed by atoms with Crippen molar-refractivity contribution >= 4 is 60.6 Å². The quantitative estimate of drug-likeness (QED) is 0.215. The number of hydrogen-bond acceptors (Lipinski definition) is 6. The summed E-state index contributed by atoms with van der Waals surface area (Å²) < 4.78 is 14.0. The zero-order chi connectivity index (χ0) is 27.2. The van der Waals surface area contributed by atoms with Gasteiger partial charge in [0.2, 0.25) is 0 Å². The Kier molecular flexibility index (Phi) is 8.96. The molecule has 0 saturated carbocycles. The minimum atomic E-state index is -0.299. The van der Waals surface area contributed by atoms with Crippen LogP contribution in [0.25, 0.3) is 10.9 Å². The van der Waals surface area contributed by atoms with Gasteiger partial charge in [-0.1, -0.05) is 48.0 Å². The largest absolute Gasteiger partial charge is 0.493 e. The van der Waals surface area contributed by atoms with Gasteiger partial charge in [0, 0.05) is 26.1 Å². The lowest BCUT2D eigenvalue weighted by Gasteiger charge is -2.15. The summed E-state index contributed by atoms with van der Waals surface area (Å²) in [7, 11) is 1.51. The van der Waals surface area contributed by atoms with Crippen molar-refractivity contribution in [2.75, 3.05) is 19.0 Å². The fraction of sp³-hybridized carbons (Fsp3) is 0.214. The van der Waals surface area contributed by atoms with E-state index in [1.807, 2.05) is 44.2 Å². The molecule has 1 amide bonds. The first-order chi connectivity index (χ1) is 18.3. The molecule has 38 heavy (non-hydrogen) atoms. The molecule has 1 N–H and O–H groups in total. The Bertz CT molecular complexity index is 1550. The number of carbonyl (C=O) groups is 1. The van der Waals surface area contributed by atoms with Gasteiger partial charge in [-0.25, -0.2) is 4.98 Å². The van der Waals surface area contributed by atoms with Crippen molar-refractivity contribution in [3.8, 4) is 11.5 Å². The van der Waals surface area contributed by atoms with Gasteiger partial charge in [-0.15, -0.1) is 0 Å². The van der Waals surface area contributed by atoms with E-state index in [-0.39, 0.29) is 24.0 Å². The lowest BCUT2D eigenvalue weighted by molar-refractivity contribution is -0.118. The van der Waals surface area contributed by atoms with Gasteiger partial charge in [0.25, 0.3) is 11.5 Å². The van der Waals surface area contributed by atoms with Crippen LogP contribution in [0.5, 0.6) is 11.5 Å². The summed E-state index contributed by atoms with van der Waals surface area (Å²) in [5, 5.41) is 7.77. The molecule has 0 fully saturated rings.